The first kappa shape index (κ1) is 24.7. The van der Waals surface area contributed by atoms with E-state index in [-0.39, 0.29) is 23.4 Å². The second-order valence-electron chi connectivity index (χ2n) is 7.89. The minimum absolute atomic E-state index is 0.133. The van der Waals surface area contributed by atoms with E-state index in [1.165, 1.54) is 30.9 Å². The SMILES string of the molecule is CCOC(=O)C1=C(CCCc2ccccc2)NC(C)=C(C(=O)OC)C1c1cccc([N+](=O)[O-])c1. The summed E-state index contributed by atoms with van der Waals surface area (Å²) in [6.45, 7) is 3.59. The highest BCUT2D eigenvalue weighted by molar-refractivity contribution is 6.00. The van der Waals surface area contributed by atoms with E-state index in [2.05, 4.69) is 5.32 Å². The quantitative estimate of drug-likeness (QED) is 0.329. The molecule has 0 saturated carbocycles. The number of methoxy groups -OCH3 is 1. The predicted octanol–water partition coefficient (Wildman–Crippen LogP) is 4.57. The molecule has 1 heterocycles. The monoisotopic (exact) mass is 464 g/mol. The van der Waals surface area contributed by atoms with E-state index in [1.807, 2.05) is 30.3 Å². The molecule has 0 spiro atoms. The molecule has 1 N–H and O–H groups in total. The van der Waals surface area contributed by atoms with Gasteiger partial charge in [-0.25, -0.2) is 9.59 Å². The molecule has 0 fully saturated rings. The van der Waals surface area contributed by atoms with Crippen molar-refractivity contribution in [1.82, 2.24) is 5.32 Å². The Morgan fingerprint density at radius 2 is 1.76 bits per heavy atom. The minimum atomic E-state index is -0.862. The Morgan fingerprint density at radius 1 is 1.03 bits per heavy atom. The summed E-state index contributed by atoms with van der Waals surface area (Å²) in [6, 6.07) is 16.0. The van der Waals surface area contributed by atoms with Gasteiger partial charge in [0.2, 0.25) is 0 Å². The second-order valence-corrected chi connectivity index (χ2v) is 7.89. The number of nitro benzene ring substituents is 1. The van der Waals surface area contributed by atoms with Gasteiger partial charge in [-0.1, -0.05) is 42.5 Å². The normalized spacial score (nSPS) is 15.6. The van der Waals surface area contributed by atoms with Crippen molar-refractivity contribution in [2.45, 2.75) is 39.0 Å². The van der Waals surface area contributed by atoms with E-state index < -0.39 is 22.8 Å². The smallest absolute Gasteiger partial charge is 0.336 e. The van der Waals surface area contributed by atoms with E-state index in [0.717, 1.165) is 12.8 Å². The number of carbonyl (C=O) groups is 2. The van der Waals surface area contributed by atoms with Gasteiger partial charge in [0.1, 0.15) is 0 Å². The van der Waals surface area contributed by atoms with Crippen LogP contribution in [0.2, 0.25) is 0 Å². The van der Waals surface area contributed by atoms with Gasteiger partial charge in [0, 0.05) is 23.5 Å². The number of aryl methyl sites for hydroxylation is 1. The molecule has 2 aromatic rings. The average molecular weight is 465 g/mol. The van der Waals surface area contributed by atoms with Crippen LogP contribution in [0.4, 0.5) is 5.69 Å². The lowest BCUT2D eigenvalue weighted by Gasteiger charge is -2.31. The Labute approximate surface area is 198 Å². The largest absolute Gasteiger partial charge is 0.466 e. The van der Waals surface area contributed by atoms with E-state index in [9.17, 15) is 19.7 Å². The molecule has 1 unspecified atom stereocenters. The zero-order valence-corrected chi connectivity index (χ0v) is 19.5. The molecule has 34 heavy (non-hydrogen) atoms. The van der Waals surface area contributed by atoms with Crippen LogP contribution in [0, 0.1) is 10.1 Å². The molecule has 0 saturated heterocycles. The third-order valence-electron chi connectivity index (χ3n) is 5.69. The molecule has 2 aromatic carbocycles. The molecule has 0 aromatic heterocycles. The van der Waals surface area contributed by atoms with Gasteiger partial charge >= 0.3 is 11.9 Å². The number of allylic oxidation sites excluding steroid dienone is 2. The van der Waals surface area contributed by atoms with Gasteiger partial charge in [0.05, 0.1) is 35.7 Å². The highest BCUT2D eigenvalue weighted by Crippen LogP contribution is 2.41. The maximum Gasteiger partial charge on any atom is 0.336 e. The van der Waals surface area contributed by atoms with Crippen LogP contribution in [0.1, 0.15) is 43.7 Å². The number of ether oxygens (including phenoxy) is 2. The fourth-order valence-electron chi connectivity index (χ4n) is 4.19. The van der Waals surface area contributed by atoms with Crippen LogP contribution in [0.5, 0.6) is 0 Å². The molecule has 0 amide bonds. The van der Waals surface area contributed by atoms with Crippen molar-refractivity contribution in [1.29, 1.82) is 0 Å². The van der Waals surface area contributed by atoms with Gasteiger partial charge < -0.3 is 14.8 Å². The van der Waals surface area contributed by atoms with Crippen LogP contribution in [0.15, 0.2) is 77.1 Å². The van der Waals surface area contributed by atoms with Crippen molar-refractivity contribution < 1.29 is 24.0 Å². The van der Waals surface area contributed by atoms with Gasteiger partial charge in [0.15, 0.2) is 0 Å². The number of nitro groups is 1. The zero-order chi connectivity index (χ0) is 24.7. The van der Waals surface area contributed by atoms with E-state index in [0.29, 0.717) is 23.4 Å². The lowest BCUT2D eigenvalue weighted by Crippen LogP contribution is -2.33. The van der Waals surface area contributed by atoms with Crippen molar-refractivity contribution >= 4 is 17.6 Å². The van der Waals surface area contributed by atoms with Crippen LogP contribution in [0.25, 0.3) is 0 Å². The number of benzene rings is 2. The molecule has 1 aliphatic rings. The molecule has 0 radical (unpaired) electrons. The molecule has 0 aliphatic carbocycles. The van der Waals surface area contributed by atoms with Crippen LogP contribution in [-0.4, -0.2) is 30.6 Å². The average Bonchev–Trinajstić information content (AvgIpc) is 2.84. The summed E-state index contributed by atoms with van der Waals surface area (Å²) in [5.74, 6) is -2.05. The number of hydrogen-bond donors (Lipinski definition) is 1. The van der Waals surface area contributed by atoms with Crippen LogP contribution in [0.3, 0.4) is 0 Å². The summed E-state index contributed by atoms with van der Waals surface area (Å²) >= 11 is 0. The van der Waals surface area contributed by atoms with E-state index >= 15 is 0 Å². The number of nitrogens with one attached hydrogen (secondary N) is 1. The van der Waals surface area contributed by atoms with Crippen molar-refractivity contribution in [3.8, 4) is 0 Å². The number of nitrogens with zero attached hydrogens (tertiary/aromatic N) is 1. The number of non-ortho nitro benzene ring substituents is 1. The molecule has 8 heteroatoms. The predicted molar refractivity (Wildman–Crippen MR) is 127 cm³/mol. The summed E-state index contributed by atoms with van der Waals surface area (Å²) in [6.07, 6.45) is 2.08. The first-order valence-corrected chi connectivity index (χ1v) is 11.1. The maximum atomic E-state index is 13.2. The Kier molecular flexibility index (Phi) is 8.19. The molecule has 1 atom stereocenters. The van der Waals surface area contributed by atoms with Gasteiger partial charge in [0.25, 0.3) is 5.69 Å². The molecule has 3 rings (SSSR count). The van der Waals surface area contributed by atoms with Gasteiger partial charge in [-0.3, -0.25) is 10.1 Å². The Morgan fingerprint density at radius 3 is 2.41 bits per heavy atom. The summed E-state index contributed by atoms with van der Waals surface area (Å²) < 4.78 is 10.4. The fourth-order valence-corrected chi connectivity index (χ4v) is 4.19. The number of rotatable bonds is 9. The summed E-state index contributed by atoms with van der Waals surface area (Å²) in [5, 5.41) is 14.6. The van der Waals surface area contributed by atoms with Crippen molar-refractivity contribution in [2.24, 2.45) is 0 Å². The topological polar surface area (TPSA) is 108 Å². The van der Waals surface area contributed by atoms with Gasteiger partial charge in [-0.15, -0.1) is 0 Å². The third kappa shape index (κ3) is 5.51. The fraction of sp³-hybridized carbons (Fsp3) is 0.308. The maximum absolute atomic E-state index is 13.2. The Hall–Kier alpha value is -3.94. The zero-order valence-electron chi connectivity index (χ0n) is 19.5. The van der Waals surface area contributed by atoms with Crippen molar-refractivity contribution in [3.63, 3.8) is 0 Å². The highest BCUT2D eigenvalue weighted by atomic mass is 16.6. The first-order chi connectivity index (χ1) is 16.4. The van der Waals surface area contributed by atoms with Gasteiger partial charge in [-0.2, -0.15) is 0 Å². The molecule has 178 valence electrons. The van der Waals surface area contributed by atoms with Crippen molar-refractivity contribution in [3.05, 3.63) is 98.4 Å². The van der Waals surface area contributed by atoms with E-state index in [4.69, 9.17) is 9.47 Å². The summed E-state index contributed by atoms with van der Waals surface area (Å²) in [4.78, 5) is 36.9. The number of dihydropyridines is 1. The lowest BCUT2D eigenvalue weighted by atomic mass is 9.79. The number of carbonyl (C=O) groups excluding carboxylic acids is 2. The lowest BCUT2D eigenvalue weighted by molar-refractivity contribution is -0.384. The molecular formula is C26H28N2O6. The molecule has 0 bridgehead atoms. The Balaban J connectivity index is 2.09. The van der Waals surface area contributed by atoms with Crippen LogP contribution >= 0.6 is 0 Å². The summed E-state index contributed by atoms with van der Waals surface area (Å²) in [7, 11) is 1.26. The number of hydrogen-bond acceptors (Lipinski definition) is 7. The highest BCUT2D eigenvalue weighted by Gasteiger charge is 2.39. The minimum Gasteiger partial charge on any atom is -0.466 e. The number of esters is 2. The van der Waals surface area contributed by atoms with Crippen molar-refractivity contribution in [2.75, 3.05) is 13.7 Å². The van der Waals surface area contributed by atoms with Crippen LogP contribution < -0.4 is 5.32 Å². The molecular weight excluding hydrogens is 436 g/mol. The van der Waals surface area contributed by atoms with Crippen LogP contribution in [-0.2, 0) is 25.5 Å². The first-order valence-electron chi connectivity index (χ1n) is 11.1. The molecule has 8 nitrogen and oxygen atoms in total. The second kappa shape index (κ2) is 11.3. The summed E-state index contributed by atoms with van der Waals surface area (Å²) in [5.41, 5.74) is 3.14. The molecule has 1 aliphatic heterocycles. The standard InChI is InChI=1S/C26H28N2O6/c1-4-34-26(30)24-21(15-8-12-18-10-6-5-7-11-18)27-17(2)22(25(29)33-3)23(24)19-13-9-14-20(16-19)28(31)32/h5-7,9-11,13-14,16,23,27H,4,8,12,15H2,1-3H3. The Bertz CT molecular complexity index is 1140. The van der Waals surface area contributed by atoms with E-state index in [1.54, 1.807) is 19.9 Å². The van der Waals surface area contributed by atoms with Gasteiger partial charge in [-0.05, 0) is 44.2 Å². The third-order valence-corrected chi connectivity index (χ3v) is 5.69.